The van der Waals surface area contributed by atoms with Gasteiger partial charge in [0.05, 0.1) is 16.2 Å². The minimum Gasteiger partial charge on any atom is -0.444 e. The van der Waals surface area contributed by atoms with Crippen LogP contribution in [0.15, 0.2) is 42.5 Å². The fourth-order valence-electron chi connectivity index (χ4n) is 2.17. The normalized spacial score (nSPS) is 10.8. The largest absolute Gasteiger partial charge is 0.444 e. The van der Waals surface area contributed by atoms with Gasteiger partial charge < -0.3 is 9.47 Å². The number of para-hydroxylation sites is 1. The van der Waals surface area contributed by atoms with Crippen molar-refractivity contribution in [2.45, 2.75) is 33.3 Å². The van der Waals surface area contributed by atoms with Gasteiger partial charge in [-0.3, -0.25) is 15.4 Å². The second-order valence-electron chi connectivity index (χ2n) is 6.77. The van der Waals surface area contributed by atoms with Gasteiger partial charge in [-0.25, -0.2) is 9.59 Å². The molecule has 27 heavy (non-hydrogen) atoms. The van der Waals surface area contributed by atoms with E-state index in [-0.39, 0.29) is 17.0 Å². The number of nitro groups is 1. The topological polar surface area (TPSA) is 108 Å². The summed E-state index contributed by atoms with van der Waals surface area (Å²) in [5.41, 5.74) is 0.319. The van der Waals surface area contributed by atoms with Crippen LogP contribution in [0.5, 0.6) is 5.75 Å². The summed E-state index contributed by atoms with van der Waals surface area (Å²) in [6.07, 6.45) is -0.676. The van der Waals surface area contributed by atoms with Crippen LogP contribution >= 0.6 is 0 Å². The van der Waals surface area contributed by atoms with Crippen LogP contribution in [0.1, 0.15) is 36.7 Å². The number of ether oxygens (including phenoxy) is 2. The highest BCUT2D eigenvalue weighted by Gasteiger charge is 2.20. The lowest BCUT2D eigenvalue weighted by atomic mass is 10.1. The summed E-state index contributed by atoms with van der Waals surface area (Å²) >= 11 is 0. The van der Waals surface area contributed by atoms with Crippen LogP contribution in [0.4, 0.5) is 16.2 Å². The van der Waals surface area contributed by atoms with Crippen molar-refractivity contribution < 1.29 is 24.0 Å². The standard InChI is InChI=1S/C19H20N2O6/c1-12-6-5-7-15(16(12)20-18(23)27-19(2,3)4)26-17(22)13-8-10-14(11-9-13)21(24)25/h5-11H,1-4H3,(H,20,23). The molecule has 0 atom stereocenters. The Morgan fingerprint density at radius 3 is 2.26 bits per heavy atom. The molecule has 0 aliphatic rings. The Bertz CT molecular complexity index is 869. The lowest BCUT2D eigenvalue weighted by Gasteiger charge is -2.21. The highest BCUT2D eigenvalue weighted by atomic mass is 16.6. The Balaban J connectivity index is 2.21. The number of nitrogens with one attached hydrogen (secondary N) is 1. The summed E-state index contributed by atoms with van der Waals surface area (Å²) in [5.74, 6) is -0.563. The van der Waals surface area contributed by atoms with E-state index >= 15 is 0 Å². The molecular formula is C19H20N2O6. The molecule has 0 saturated carbocycles. The second-order valence-corrected chi connectivity index (χ2v) is 6.77. The fraction of sp³-hybridized carbons (Fsp3) is 0.263. The van der Waals surface area contributed by atoms with E-state index in [4.69, 9.17) is 9.47 Å². The number of aryl methyl sites for hydroxylation is 1. The average molecular weight is 372 g/mol. The Morgan fingerprint density at radius 1 is 1.07 bits per heavy atom. The van der Waals surface area contributed by atoms with Crippen molar-refractivity contribution in [2.75, 3.05) is 5.32 Å². The summed E-state index contributed by atoms with van der Waals surface area (Å²) in [4.78, 5) is 34.5. The van der Waals surface area contributed by atoms with Crippen LogP contribution in [0.3, 0.4) is 0 Å². The maximum Gasteiger partial charge on any atom is 0.412 e. The molecule has 0 aromatic heterocycles. The molecule has 0 spiro atoms. The summed E-state index contributed by atoms with van der Waals surface area (Å²) in [6, 6.07) is 9.99. The molecule has 0 unspecified atom stereocenters. The Kier molecular flexibility index (Phi) is 5.79. The van der Waals surface area contributed by atoms with Crippen molar-refractivity contribution in [1.29, 1.82) is 0 Å². The van der Waals surface area contributed by atoms with E-state index in [0.717, 1.165) is 0 Å². The predicted molar refractivity (Wildman–Crippen MR) is 99.1 cm³/mol. The number of rotatable bonds is 4. The van der Waals surface area contributed by atoms with Crippen molar-refractivity contribution in [3.63, 3.8) is 0 Å². The minimum atomic E-state index is -0.706. The number of hydrogen-bond donors (Lipinski definition) is 1. The number of carbonyl (C=O) groups is 2. The molecule has 8 nitrogen and oxygen atoms in total. The second kappa shape index (κ2) is 7.86. The molecule has 0 aliphatic carbocycles. The van der Waals surface area contributed by atoms with E-state index in [1.807, 2.05) is 0 Å². The van der Waals surface area contributed by atoms with Crippen LogP contribution in [0, 0.1) is 17.0 Å². The van der Waals surface area contributed by atoms with Gasteiger partial charge in [-0.15, -0.1) is 0 Å². The molecule has 0 bridgehead atoms. The van der Waals surface area contributed by atoms with E-state index in [0.29, 0.717) is 11.3 Å². The summed E-state index contributed by atoms with van der Waals surface area (Å²) in [6.45, 7) is 6.95. The van der Waals surface area contributed by atoms with Gasteiger partial charge in [0.25, 0.3) is 5.69 Å². The Hall–Kier alpha value is -3.42. The molecule has 0 radical (unpaired) electrons. The van der Waals surface area contributed by atoms with Gasteiger partial charge in [0.15, 0.2) is 5.75 Å². The molecule has 0 heterocycles. The van der Waals surface area contributed by atoms with Crippen LogP contribution in [0.2, 0.25) is 0 Å². The van der Waals surface area contributed by atoms with Crippen molar-refractivity contribution >= 4 is 23.4 Å². The SMILES string of the molecule is Cc1cccc(OC(=O)c2ccc([N+](=O)[O-])cc2)c1NC(=O)OC(C)(C)C. The first-order chi connectivity index (χ1) is 12.6. The van der Waals surface area contributed by atoms with Crippen LogP contribution in [-0.4, -0.2) is 22.6 Å². The molecule has 0 aliphatic heterocycles. The highest BCUT2D eigenvalue weighted by molar-refractivity contribution is 5.94. The number of anilines is 1. The summed E-state index contributed by atoms with van der Waals surface area (Å²) in [7, 11) is 0. The Labute approximate surface area is 156 Å². The quantitative estimate of drug-likeness (QED) is 0.367. The van der Waals surface area contributed by atoms with Crippen LogP contribution < -0.4 is 10.1 Å². The molecule has 1 N–H and O–H groups in total. The third-order valence-electron chi connectivity index (χ3n) is 3.38. The molecule has 2 aromatic carbocycles. The summed E-state index contributed by atoms with van der Waals surface area (Å²) < 4.78 is 10.6. The third kappa shape index (κ3) is 5.53. The molecule has 8 heteroatoms. The monoisotopic (exact) mass is 372 g/mol. The number of amides is 1. The number of benzene rings is 2. The number of non-ortho nitro benzene ring substituents is 1. The van der Waals surface area contributed by atoms with E-state index in [9.17, 15) is 19.7 Å². The number of nitro benzene ring substituents is 1. The molecule has 0 fully saturated rings. The number of hydrogen-bond acceptors (Lipinski definition) is 6. The van der Waals surface area contributed by atoms with Gasteiger partial charge in [-0.2, -0.15) is 0 Å². The number of nitrogens with zero attached hydrogens (tertiary/aromatic N) is 1. The zero-order chi connectivity index (χ0) is 20.2. The van der Waals surface area contributed by atoms with Gasteiger partial charge >= 0.3 is 12.1 Å². The Morgan fingerprint density at radius 2 is 1.70 bits per heavy atom. The van der Waals surface area contributed by atoms with Gasteiger partial charge in [0.1, 0.15) is 5.60 Å². The molecule has 0 saturated heterocycles. The van der Waals surface area contributed by atoms with Crippen molar-refractivity contribution in [1.82, 2.24) is 0 Å². The van der Waals surface area contributed by atoms with Gasteiger partial charge in [-0.1, -0.05) is 12.1 Å². The molecule has 142 valence electrons. The zero-order valence-corrected chi connectivity index (χ0v) is 15.4. The fourth-order valence-corrected chi connectivity index (χ4v) is 2.17. The van der Waals surface area contributed by atoms with Gasteiger partial charge in [0, 0.05) is 12.1 Å². The lowest BCUT2D eigenvalue weighted by Crippen LogP contribution is -2.27. The maximum atomic E-state index is 12.3. The molecule has 2 rings (SSSR count). The van der Waals surface area contributed by atoms with Gasteiger partial charge in [-0.05, 0) is 51.5 Å². The van der Waals surface area contributed by atoms with E-state index in [2.05, 4.69) is 5.32 Å². The maximum absolute atomic E-state index is 12.3. The third-order valence-corrected chi connectivity index (χ3v) is 3.38. The molecule has 1 amide bonds. The number of carbonyl (C=O) groups excluding carboxylic acids is 2. The summed E-state index contributed by atoms with van der Waals surface area (Å²) in [5, 5.41) is 13.3. The first-order valence-electron chi connectivity index (χ1n) is 8.13. The first kappa shape index (κ1) is 19.9. The smallest absolute Gasteiger partial charge is 0.412 e. The highest BCUT2D eigenvalue weighted by Crippen LogP contribution is 2.29. The van der Waals surface area contributed by atoms with E-state index < -0.39 is 22.6 Å². The van der Waals surface area contributed by atoms with Crippen LogP contribution in [0.25, 0.3) is 0 Å². The minimum absolute atomic E-state index is 0.130. The molecular weight excluding hydrogens is 352 g/mol. The van der Waals surface area contributed by atoms with Crippen molar-refractivity contribution in [3.05, 3.63) is 63.7 Å². The predicted octanol–water partition coefficient (Wildman–Crippen LogP) is 4.47. The van der Waals surface area contributed by atoms with Crippen LogP contribution in [-0.2, 0) is 4.74 Å². The van der Waals surface area contributed by atoms with Crippen molar-refractivity contribution in [2.24, 2.45) is 0 Å². The van der Waals surface area contributed by atoms with Gasteiger partial charge in [0.2, 0.25) is 0 Å². The number of esters is 1. The average Bonchev–Trinajstić information content (AvgIpc) is 2.56. The molecule has 2 aromatic rings. The van der Waals surface area contributed by atoms with E-state index in [1.165, 1.54) is 30.3 Å². The first-order valence-corrected chi connectivity index (χ1v) is 8.13. The zero-order valence-electron chi connectivity index (χ0n) is 15.4. The lowest BCUT2D eigenvalue weighted by molar-refractivity contribution is -0.384. The van der Waals surface area contributed by atoms with E-state index in [1.54, 1.807) is 39.8 Å². The van der Waals surface area contributed by atoms with Crippen molar-refractivity contribution in [3.8, 4) is 5.75 Å².